The summed E-state index contributed by atoms with van der Waals surface area (Å²) >= 11 is 1.43. The summed E-state index contributed by atoms with van der Waals surface area (Å²) in [7, 11) is 0. The van der Waals surface area contributed by atoms with E-state index in [2.05, 4.69) is 15.6 Å². The Bertz CT molecular complexity index is 1280. The normalized spacial score (nSPS) is 19.4. The first-order valence-electron chi connectivity index (χ1n) is 12.6. The lowest BCUT2D eigenvalue weighted by molar-refractivity contribution is -0.132. The minimum absolute atomic E-state index is 0.0759. The highest BCUT2D eigenvalue weighted by Crippen LogP contribution is 2.36. The molecule has 1 fully saturated rings. The number of carbonyl (C=O) groups excluding carboxylic acids is 2. The van der Waals surface area contributed by atoms with E-state index in [4.69, 9.17) is 10.1 Å². The van der Waals surface area contributed by atoms with E-state index in [1.807, 2.05) is 56.3 Å². The number of rotatable bonds is 7. The molecule has 2 aliphatic heterocycles. The molecule has 2 aromatic carbocycles. The van der Waals surface area contributed by atoms with E-state index < -0.39 is 11.6 Å². The Kier molecular flexibility index (Phi) is 6.97. The summed E-state index contributed by atoms with van der Waals surface area (Å²) in [5, 5.41) is 15.2. The average Bonchev–Trinajstić information content (AvgIpc) is 3.45. The number of nitrogens with zero attached hydrogens (tertiary/aromatic N) is 2. The fourth-order valence-electron chi connectivity index (χ4n) is 5.19. The highest BCUT2D eigenvalue weighted by Gasteiger charge is 2.43. The zero-order valence-corrected chi connectivity index (χ0v) is 21.8. The van der Waals surface area contributed by atoms with Crippen LogP contribution in [0.5, 0.6) is 5.75 Å². The van der Waals surface area contributed by atoms with Gasteiger partial charge in [0.2, 0.25) is 5.91 Å². The van der Waals surface area contributed by atoms with Crippen LogP contribution in [0.1, 0.15) is 78.0 Å². The molecule has 0 aliphatic carbocycles. The molecule has 0 bridgehead atoms. The molecule has 0 saturated carbocycles. The van der Waals surface area contributed by atoms with Gasteiger partial charge in [0.05, 0.1) is 29.5 Å². The number of guanidine groups is 1. The molecule has 5 rings (SSSR count). The van der Waals surface area contributed by atoms with Gasteiger partial charge in [-0.25, -0.2) is 0 Å². The van der Waals surface area contributed by atoms with Gasteiger partial charge in [-0.15, -0.1) is 11.3 Å². The summed E-state index contributed by atoms with van der Waals surface area (Å²) in [5.74, 6) is 0.565. The maximum Gasteiger partial charge on any atom is 0.251 e. The Labute approximate surface area is 220 Å². The van der Waals surface area contributed by atoms with Gasteiger partial charge in [-0.1, -0.05) is 44.2 Å². The maximum absolute atomic E-state index is 13.5. The van der Waals surface area contributed by atoms with Crippen molar-refractivity contribution in [2.24, 2.45) is 0 Å². The van der Waals surface area contributed by atoms with Crippen LogP contribution >= 0.6 is 11.3 Å². The van der Waals surface area contributed by atoms with Crippen LogP contribution in [0.15, 0.2) is 60.2 Å². The largest absolute Gasteiger partial charge is 0.493 e. The van der Waals surface area contributed by atoms with Crippen LogP contribution in [0.2, 0.25) is 0 Å². The molecule has 192 valence electrons. The summed E-state index contributed by atoms with van der Waals surface area (Å²) in [4.78, 5) is 33.4. The quantitative estimate of drug-likeness (QED) is 0.417. The number of ether oxygens (including phenoxy) is 1. The smallest absolute Gasteiger partial charge is 0.251 e. The van der Waals surface area contributed by atoms with Crippen LogP contribution in [0.3, 0.4) is 0 Å². The van der Waals surface area contributed by atoms with Gasteiger partial charge in [0.25, 0.3) is 5.91 Å². The molecule has 1 unspecified atom stereocenters. The van der Waals surface area contributed by atoms with Crippen LogP contribution in [0.25, 0.3) is 0 Å². The van der Waals surface area contributed by atoms with Gasteiger partial charge in [0.15, 0.2) is 5.96 Å². The van der Waals surface area contributed by atoms with Gasteiger partial charge >= 0.3 is 0 Å². The number of nitrogens with one attached hydrogen (secondary N) is 3. The molecule has 1 aromatic heterocycles. The lowest BCUT2D eigenvalue weighted by Crippen LogP contribution is -2.62. The topological polar surface area (TPSA) is 107 Å². The monoisotopic (exact) mass is 517 g/mol. The number of amides is 2. The molecule has 2 aliphatic rings. The predicted molar refractivity (Wildman–Crippen MR) is 143 cm³/mol. The van der Waals surface area contributed by atoms with Gasteiger partial charge in [-0.2, -0.15) is 0 Å². The van der Waals surface area contributed by atoms with Crippen molar-refractivity contribution >= 4 is 29.1 Å². The summed E-state index contributed by atoms with van der Waals surface area (Å²) in [6, 6.07) is 14.4. The summed E-state index contributed by atoms with van der Waals surface area (Å²) in [6.45, 7) is 4.61. The maximum atomic E-state index is 13.5. The van der Waals surface area contributed by atoms with Crippen molar-refractivity contribution in [1.29, 1.82) is 5.41 Å². The van der Waals surface area contributed by atoms with Crippen LogP contribution < -0.4 is 15.4 Å². The molecule has 37 heavy (non-hydrogen) atoms. The Morgan fingerprint density at radius 1 is 1.27 bits per heavy atom. The predicted octanol–water partition coefficient (Wildman–Crippen LogP) is 4.80. The second-order valence-corrected chi connectivity index (χ2v) is 10.5. The number of para-hydroxylation sites is 1. The second-order valence-electron chi connectivity index (χ2n) is 9.53. The highest BCUT2D eigenvalue weighted by molar-refractivity contribution is 7.09. The van der Waals surface area contributed by atoms with Crippen molar-refractivity contribution < 1.29 is 14.3 Å². The molecule has 2 atom stereocenters. The third-order valence-corrected chi connectivity index (χ3v) is 8.27. The molecule has 3 aromatic rings. The molecule has 9 heteroatoms. The Morgan fingerprint density at radius 2 is 2.08 bits per heavy atom. The summed E-state index contributed by atoms with van der Waals surface area (Å²) < 4.78 is 5.73. The van der Waals surface area contributed by atoms with E-state index in [0.717, 1.165) is 34.6 Å². The van der Waals surface area contributed by atoms with E-state index in [1.165, 1.54) is 16.2 Å². The second kappa shape index (κ2) is 10.3. The molecular formula is C28H31N5O3S. The van der Waals surface area contributed by atoms with E-state index in [1.54, 1.807) is 17.8 Å². The van der Waals surface area contributed by atoms with Crippen LogP contribution in [0.4, 0.5) is 0 Å². The van der Waals surface area contributed by atoms with Crippen molar-refractivity contribution in [1.82, 2.24) is 20.5 Å². The molecule has 1 saturated heterocycles. The zero-order valence-electron chi connectivity index (χ0n) is 21.0. The van der Waals surface area contributed by atoms with E-state index in [-0.39, 0.29) is 23.8 Å². The van der Waals surface area contributed by atoms with E-state index in [0.29, 0.717) is 25.0 Å². The summed E-state index contributed by atoms with van der Waals surface area (Å²) in [6.07, 6.45) is 4.22. The standard InChI is InChI=1S/C28H31N5O3S/c1-3-28(4-2)15-24(34)33(27(29)32-28)25(23-16-30-17-37-23)18-8-7-9-19(14-18)26(35)31-21-12-13-36-22-11-6-5-10-20(21)22/h5-11,14,16-17,21,25H,3-4,12-13,15H2,1-2H3,(H2,29,32)(H,31,35)/t21-,25?/m0/s1. The molecule has 3 N–H and O–H groups in total. The minimum Gasteiger partial charge on any atom is -0.493 e. The van der Waals surface area contributed by atoms with Crippen LogP contribution in [-0.4, -0.2) is 39.8 Å². The highest BCUT2D eigenvalue weighted by atomic mass is 32.1. The molecule has 3 heterocycles. The first-order chi connectivity index (χ1) is 17.9. The fourth-order valence-corrected chi connectivity index (χ4v) is 5.93. The Balaban J connectivity index is 1.44. The first-order valence-corrected chi connectivity index (χ1v) is 13.5. The van der Waals surface area contributed by atoms with Crippen molar-refractivity contribution in [3.63, 3.8) is 0 Å². The van der Waals surface area contributed by atoms with Gasteiger partial charge < -0.3 is 15.4 Å². The molecule has 0 radical (unpaired) electrons. The van der Waals surface area contributed by atoms with Crippen molar-refractivity contribution in [3.05, 3.63) is 81.8 Å². The Morgan fingerprint density at radius 3 is 2.81 bits per heavy atom. The number of benzene rings is 2. The molecule has 8 nitrogen and oxygen atoms in total. The molecule has 2 amide bonds. The SMILES string of the molecule is CCC1(CC)CC(=O)N(C(c2cccc(C(=O)N[C@H]3CCOc4ccccc43)c2)c2cncs2)C(=N)N1. The zero-order chi connectivity index (χ0) is 26.0. The molecule has 0 spiro atoms. The van der Waals surface area contributed by atoms with Gasteiger partial charge in [-0.05, 0) is 36.6 Å². The van der Waals surface area contributed by atoms with Gasteiger partial charge in [0, 0.05) is 29.3 Å². The lowest BCUT2D eigenvalue weighted by atomic mass is 9.86. The number of thiazole rings is 1. The van der Waals surface area contributed by atoms with Gasteiger partial charge in [0.1, 0.15) is 11.8 Å². The minimum atomic E-state index is -0.553. The van der Waals surface area contributed by atoms with Crippen molar-refractivity contribution in [2.45, 2.75) is 57.2 Å². The van der Waals surface area contributed by atoms with E-state index >= 15 is 0 Å². The van der Waals surface area contributed by atoms with Crippen LogP contribution in [-0.2, 0) is 4.79 Å². The summed E-state index contributed by atoms with van der Waals surface area (Å²) in [5.41, 5.74) is 3.52. The molecular weight excluding hydrogens is 486 g/mol. The first kappa shape index (κ1) is 25.0. The van der Waals surface area contributed by atoms with Gasteiger partial charge in [-0.3, -0.25) is 24.9 Å². The number of fused-ring (bicyclic) bond motifs is 1. The number of hydrogen-bond donors (Lipinski definition) is 3. The lowest BCUT2D eigenvalue weighted by Gasteiger charge is -2.44. The Hall–Kier alpha value is -3.72. The van der Waals surface area contributed by atoms with E-state index in [9.17, 15) is 9.59 Å². The number of hydrogen-bond acceptors (Lipinski definition) is 6. The number of carbonyl (C=O) groups is 2. The average molecular weight is 518 g/mol. The third-order valence-electron chi connectivity index (χ3n) is 7.44. The van der Waals surface area contributed by atoms with Crippen molar-refractivity contribution in [2.75, 3.05) is 6.61 Å². The third kappa shape index (κ3) is 4.83. The van der Waals surface area contributed by atoms with Crippen molar-refractivity contribution in [3.8, 4) is 5.75 Å². The fraction of sp³-hybridized carbons (Fsp3) is 0.357. The number of aromatic nitrogens is 1. The van der Waals surface area contributed by atoms with Crippen LogP contribution in [0, 0.1) is 5.41 Å².